The first-order valence-electron chi connectivity index (χ1n) is 7.00. The maximum atomic E-state index is 6.42. The fourth-order valence-corrected chi connectivity index (χ4v) is 2.71. The van der Waals surface area contributed by atoms with Crippen LogP contribution in [0.25, 0.3) is 11.0 Å². The quantitative estimate of drug-likeness (QED) is 0.786. The van der Waals surface area contributed by atoms with Crippen LogP contribution in [0.2, 0.25) is 0 Å². The van der Waals surface area contributed by atoms with Gasteiger partial charge in [0, 0.05) is 16.5 Å². The predicted octanol–water partition coefficient (Wildman–Crippen LogP) is 4.11. The van der Waals surface area contributed by atoms with Gasteiger partial charge in [0.05, 0.1) is 13.2 Å². The lowest BCUT2D eigenvalue weighted by Gasteiger charge is -2.14. The molecule has 0 aliphatic carbocycles. The van der Waals surface area contributed by atoms with Gasteiger partial charge in [-0.1, -0.05) is 29.8 Å². The second-order valence-electron chi connectivity index (χ2n) is 5.31. The molecule has 0 saturated carbocycles. The minimum Gasteiger partial charge on any atom is -0.496 e. The Hall–Kier alpha value is -2.26. The van der Waals surface area contributed by atoms with E-state index in [1.807, 2.05) is 36.4 Å². The van der Waals surface area contributed by atoms with E-state index in [2.05, 4.69) is 19.9 Å². The molecule has 3 heteroatoms. The van der Waals surface area contributed by atoms with Gasteiger partial charge < -0.3 is 14.9 Å². The molecule has 0 spiro atoms. The molecular weight excluding hydrogens is 262 g/mol. The van der Waals surface area contributed by atoms with Gasteiger partial charge in [-0.2, -0.15) is 0 Å². The van der Waals surface area contributed by atoms with Crippen LogP contribution in [0.4, 0.5) is 0 Å². The van der Waals surface area contributed by atoms with Crippen molar-refractivity contribution in [2.24, 2.45) is 5.73 Å². The summed E-state index contributed by atoms with van der Waals surface area (Å²) >= 11 is 0. The van der Waals surface area contributed by atoms with Gasteiger partial charge in [-0.25, -0.2) is 0 Å². The average molecular weight is 281 g/mol. The van der Waals surface area contributed by atoms with Crippen molar-refractivity contribution in [3.05, 3.63) is 64.9 Å². The Morgan fingerprint density at radius 2 is 1.86 bits per heavy atom. The molecule has 1 heterocycles. The van der Waals surface area contributed by atoms with Gasteiger partial charge >= 0.3 is 0 Å². The molecule has 1 unspecified atom stereocenters. The van der Waals surface area contributed by atoms with Crippen molar-refractivity contribution in [1.82, 2.24) is 0 Å². The van der Waals surface area contributed by atoms with Gasteiger partial charge in [0.2, 0.25) is 0 Å². The lowest BCUT2D eigenvalue weighted by Crippen LogP contribution is -2.13. The van der Waals surface area contributed by atoms with Gasteiger partial charge in [-0.3, -0.25) is 0 Å². The van der Waals surface area contributed by atoms with Crippen molar-refractivity contribution in [2.75, 3.05) is 7.11 Å². The monoisotopic (exact) mass is 281 g/mol. The molecule has 2 N–H and O–H groups in total. The number of nitrogens with two attached hydrogens (primary N) is 1. The highest BCUT2D eigenvalue weighted by molar-refractivity contribution is 5.83. The van der Waals surface area contributed by atoms with E-state index in [0.717, 1.165) is 33.6 Å². The highest BCUT2D eigenvalue weighted by Crippen LogP contribution is 2.34. The van der Waals surface area contributed by atoms with E-state index in [-0.39, 0.29) is 6.04 Å². The van der Waals surface area contributed by atoms with Gasteiger partial charge in [0.25, 0.3) is 0 Å². The number of hydrogen-bond donors (Lipinski definition) is 1. The van der Waals surface area contributed by atoms with E-state index in [1.165, 1.54) is 5.56 Å². The molecule has 0 bridgehead atoms. The molecular formula is C18H19NO2. The normalized spacial score (nSPS) is 12.6. The van der Waals surface area contributed by atoms with Crippen molar-refractivity contribution in [2.45, 2.75) is 19.9 Å². The number of rotatable bonds is 3. The van der Waals surface area contributed by atoms with Gasteiger partial charge in [-0.15, -0.1) is 0 Å². The zero-order valence-electron chi connectivity index (χ0n) is 12.5. The van der Waals surface area contributed by atoms with E-state index in [9.17, 15) is 0 Å². The van der Waals surface area contributed by atoms with Crippen LogP contribution in [0, 0.1) is 13.8 Å². The summed E-state index contributed by atoms with van der Waals surface area (Å²) in [5.41, 5.74) is 10.5. The third-order valence-corrected chi connectivity index (χ3v) is 3.89. The molecule has 0 radical (unpaired) electrons. The van der Waals surface area contributed by atoms with E-state index < -0.39 is 0 Å². The summed E-state index contributed by atoms with van der Waals surface area (Å²) in [4.78, 5) is 0. The van der Waals surface area contributed by atoms with E-state index in [1.54, 1.807) is 7.11 Å². The van der Waals surface area contributed by atoms with Crippen molar-refractivity contribution < 1.29 is 9.15 Å². The van der Waals surface area contributed by atoms with Gasteiger partial charge in [0.1, 0.15) is 17.1 Å². The summed E-state index contributed by atoms with van der Waals surface area (Å²) < 4.78 is 11.4. The van der Waals surface area contributed by atoms with Crippen LogP contribution in [-0.4, -0.2) is 7.11 Å². The molecule has 0 saturated heterocycles. The molecule has 108 valence electrons. The lowest BCUT2D eigenvalue weighted by atomic mass is 10.0. The predicted molar refractivity (Wildman–Crippen MR) is 84.7 cm³/mol. The van der Waals surface area contributed by atoms with Gasteiger partial charge in [-0.05, 0) is 32.0 Å². The molecule has 2 aromatic carbocycles. The molecule has 0 fully saturated rings. The molecule has 3 aromatic rings. The molecule has 0 aliphatic rings. The standard InChI is InChI=1S/C18H19NO2/c1-11-8-9-16-14(10-11)12(2)18(21-16)17(19)13-6-4-5-7-15(13)20-3/h4-10,17H,19H2,1-3H3. The second kappa shape index (κ2) is 5.26. The Morgan fingerprint density at radius 3 is 2.62 bits per heavy atom. The fraction of sp³-hybridized carbons (Fsp3) is 0.222. The van der Waals surface area contributed by atoms with Crippen molar-refractivity contribution >= 4 is 11.0 Å². The maximum absolute atomic E-state index is 6.42. The number of aryl methyl sites for hydroxylation is 2. The molecule has 3 rings (SSSR count). The van der Waals surface area contributed by atoms with Crippen LogP contribution < -0.4 is 10.5 Å². The Kier molecular flexibility index (Phi) is 3.43. The number of ether oxygens (including phenoxy) is 1. The maximum Gasteiger partial charge on any atom is 0.134 e. The summed E-state index contributed by atoms with van der Waals surface area (Å²) in [6, 6.07) is 13.6. The Morgan fingerprint density at radius 1 is 1.10 bits per heavy atom. The number of methoxy groups -OCH3 is 1. The van der Waals surface area contributed by atoms with E-state index in [0.29, 0.717) is 0 Å². The topological polar surface area (TPSA) is 48.4 Å². The van der Waals surface area contributed by atoms with Crippen molar-refractivity contribution in [3.63, 3.8) is 0 Å². The lowest BCUT2D eigenvalue weighted by molar-refractivity contribution is 0.404. The minimum absolute atomic E-state index is 0.339. The Labute approximate surface area is 124 Å². The zero-order chi connectivity index (χ0) is 15.0. The van der Waals surface area contributed by atoms with Crippen LogP contribution >= 0.6 is 0 Å². The molecule has 1 atom stereocenters. The fourth-order valence-electron chi connectivity index (χ4n) is 2.71. The smallest absolute Gasteiger partial charge is 0.134 e. The van der Waals surface area contributed by atoms with Crippen LogP contribution in [0.15, 0.2) is 46.9 Å². The molecule has 3 nitrogen and oxygen atoms in total. The highest BCUT2D eigenvalue weighted by Gasteiger charge is 2.21. The molecule has 1 aromatic heterocycles. The molecule has 0 aliphatic heterocycles. The zero-order valence-corrected chi connectivity index (χ0v) is 12.5. The number of fused-ring (bicyclic) bond motifs is 1. The number of para-hydroxylation sites is 1. The number of furan rings is 1. The van der Waals surface area contributed by atoms with Crippen molar-refractivity contribution in [1.29, 1.82) is 0 Å². The van der Waals surface area contributed by atoms with E-state index in [4.69, 9.17) is 14.9 Å². The van der Waals surface area contributed by atoms with Crippen LogP contribution in [-0.2, 0) is 0 Å². The van der Waals surface area contributed by atoms with Crippen LogP contribution in [0.5, 0.6) is 5.75 Å². The largest absolute Gasteiger partial charge is 0.496 e. The first kappa shape index (κ1) is 13.7. The third-order valence-electron chi connectivity index (χ3n) is 3.89. The Balaban J connectivity index is 2.13. The number of hydrogen-bond acceptors (Lipinski definition) is 3. The first-order chi connectivity index (χ1) is 10.1. The SMILES string of the molecule is COc1ccccc1C(N)c1oc2ccc(C)cc2c1C. The highest BCUT2D eigenvalue weighted by atomic mass is 16.5. The molecule has 0 amide bonds. The van der Waals surface area contributed by atoms with Gasteiger partial charge in [0.15, 0.2) is 0 Å². The van der Waals surface area contributed by atoms with Crippen LogP contribution in [0.3, 0.4) is 0 Å². The summed E-state index contributed by atoms with van der Waals surface area (Å²) in [5.74, 6) is 1.57. The Bertz CT molecular complexity index is 789. The second-order valence-corrected chi connectivity index (χ2v) is 5.31. The third kappa shape index (κ3) is 2.30. The van der Waals surface area contributed by atoms with Crippen LogP contribution in [0.1, 0.15) is 28.5 Å². The summed E-state index contributed by atoms with van der Waals surface area (Å²) in [6.45, 7) is 4.13. The minimum atomic E-state index is -0.339. The summed E-state index contributed by atoms with van der Waals surface area (Å²) in [5, 5.41) is 1.12. The molecule has 21 heavy (non-hydrogen) atoms. The summed E-state index contributed by atoms with van der Waals surface area (Å²) in [7, 11) is 1.65. The average Bonchev–Trinajstić information content (AvgIpc) is 2.83. The van der Waals surface area contributed by atoms with E-state index >= 15 is 0 Å². The first-order valence-corrected chi connectivity index (χ1v) is 7.00. The number of benzene rings is 2. The summed E-state index contributed by atoms with van der Waals surface area (Å²) in [6.07, 6.45) is 0. The van der Waals surface area contributed by atoms with Crippen molar-refractivity contribution in [3.8, 4) is 5.75 Å².